The van der Waals surface area contributed by atoms with E-state index in [9.17, 15) is 13.2 Å². The van der Waals surface area contributed by atoms with Gasteiger partial charge in [-0.05, 0) is 17.7 Å². The second kappa shape index (κ2) is 6.42. The van der Waals surface area contributed by atoms with Crippen LogP contribution >= 0.6 is 0 Å². The average molecular weight is 312 g/mol. The lowest BCUT2D eigenvalue weighted by Gasteiger charge is -2.33. The molecule has 2 amide bonds. The van der Waals surface area contributed by atoms with Crippen LogP contribution in [0.4, 0.5) is 10.5 Å². The Bertz CT molecular complexity index is 592. The molecule has 0 saturated carbocycles. The molecular formula is C13H20N4O3S. The zero-order valence-electron chi connectivity index (χ0n) is 11.9. The molecule has 0 aliphatic carbocycles. The highest BCUT2D eigenvalue weighted by Gasteiger charge is 2.25. The first-order valence-corrected chi connectivity index (χ1v) is 8.55. The Kier molecular flexibility index (Phi) is 4.81. The summed E-state index contributed by atoms with van der Waals surface area (Å²) in [4.78, 5) is 13.7. The SMILES string of the molecule is CS(=O)(=O)N1CCN(C(=O)Nc2ccc(CN)cc2)CC1. The summed E-state index contributed by atoms with van der Waals surface area (Å²) in [6, 6.07) is 7.09. The van der Waals surface area contributed by atoms with Gasteiger partial charge in [-0.25, -0.2) is 13.2 Å². The van der Waals surface area contributed by atoms with Gasteiger partial charge >= 0.3 is 6.03 Å². The number of benzene rings is 1. The molecule has 0 aromatic heterocycles. The largest absolute Gasteiger partial charge is 0.326 e. The highest BCUT2D eigenvalue weighted by molar-refractivity contribution is 7.88. The molecule has 3 N–H and O–H groups in total. The standard InChI is InChI=1S/C13H20N4O3S/c1-21(19,20)17-8-6-16(7-9-17)13(18)15-12-4-2-11(10-14)3-5-12/h2-5H,6-10,14H2,1H3,(H,15,18). The number of carbonyl (C=O) groups excluding carboxylic acids is 1. The van der Waals surface area contributed by atoms with Crippen LogP contribution in [-0.2, 0) is 16.6 Å². The summed E-state index contributed by atoms with van der Waals surface area (Å²) in [6.45, 7) is 1.90. The second-order valence-electron chi connectivity index (χ2n) is 4.98. The maximum absolute atomic E-state index is 12.1. The molecule has 0 radical (unpaired) electrons. The van der Waals surface area contributed by atoms with Crippen LogP contribution in [0.5, 0.6) is 0 Å². The highest BCUT2D eigenvalue weighted by atomic mass is 32.2. The number of urea groups is 1. The smallest absolute Gasteiger partial charge is 0.321 e. The Balaban J connectivity index is 1.90. The first-order chi connectivity index (χ1) is 9.90. The molecule has 1 saturated heterocycles. The highest BCUT2D eigenvalue weighted by Crippen LogP contribution is 2.12. The summed E-state index contributed by atoms with van der Waals surface area (Å²) >= 11 is 0. The van der Waals surface area contributed by atoms with Crippen molar-refractivity contribution >= 4 is 21.7 Å². The van der Waals surface area contributed by atoms with Crippen molar-refractivity contribution in [1.82, 2.24) is 9.21 Å². The lowest BCUT2D eigenvalue weighted by atomic mass is 10.2. The Hall–Kier alpha value is -1.64. The predicted molar refractivity (Wildman–Crippen MR) is 81.3 cm³/mol. The minimum Gasteiger partial charge on any atom is -0.326 e. The number of nitrogens with two attached hydrogens (primary N) is 1. The topological polar surface area (TPSA) is 95.7 Å². The minimum atomic E-state index is -3.18. The molecule has 0 atom stereocenters. The van der Waals surface area contributed by atoms with Gasteiger partial charge in [0.1, 0.15) is 0 Å². The summed E-state index contributed by atoms with van der Waals surface area (Å²) in [6.07, 6.45) is 1.18. The summed E-state index contributed by atoms with van der Waals surface area (Å²) in [5, 5.41) is 2.79. The quantitative estimate of drug-likeness (QED) is 0.836. The van der Waals surface area contributed by atoms with E-state index in [1.165, 1.54) is 10.6 Å². The van der Waals surface area contributed by atoms with Crippen LogP contribution < -0.4 is 11.1 Å². The maximum atomic E-state index is 12.1. The summed E-state index contributed by atoms with van der Waals surface area (Å²) < 4.78 is 24.2. The van der Waals surface area contributed by atoms with Crippen molar-refractivity contribution in [2.75, 3.05) is 37.8 Å². The van der Waals surface area contributed by atoms with Crippen molar-refractivity contribution in [3.05, 3.63) is 29.8 Å². The second-order valence-corrected chi connectivity index (χ2v) is 6.96. The number of rotatable bonds is 3. The number of sulfonamides is 1. The average Bonchev–Trinajstić information content (AvgIpc) is 2.47. The lowest BCUT2D eigenvalue weighted by Crippen LogP contribution is -2.51. The van der Waals surface area contributed by atoms with Gasteiger partial charge in [-0.3, -0.25) is 0 Å². The van der Waals surface area contributed by atoms with Crippen LogP contribution in [0, 0.1) is 0 Å². The number of piperazine rings is 1. The molecule has 8 heteroatoms. The van der Waals surface area contributed by atoms with Gasteiger partial charge in [0.05, 0.1) is 6.26 Å². The van der Waals surface area contributed by atoms with E-state index in [1.807, 2.05) is 12.1 Å². The van der Waals surface area contributed by atoms with Crippen LogP contribution in [0.1, 0.15) is 5.56 Å². The van der Waals surface area contributed by atoms with Gasteiger partial charge < -0.3 is 16.0 Å². The third-order valence-corrected chi connectivity index (χ3v) is 4.74. The van der Waals surface area contributed by atoms with Gasteiger partial charge in [-0.15, -0.1) is 0 Å². The zero-order chi connectivity index (χ0) is 15.5. The first kappa shape index (κ1) is 15.7. The molecule has 116 valence electrons. The molecular weight excluding hydrogens is 292 g/mol. The molecule has 1 aliphatic heterocycles. The third-order valence-electron chi connectivity index (χ3n) is 3.44. The van der Waals surface area contributed by atoms with E-state index in [0.717, 1.165) is 5.56 Å². The van der Waals surface area contributed by atoms with Crippen molar-refractivity contribution in [3.63, 3.8) is 0 Å². The molecule has 0 bridgehead atoms. The fraction of sp³-hybridized carbons (Fsp3) is 0.462. The van der Waals surface area contributed by atoms with Gasteiger partial charge in [0.25, 0.3) is 0 Å². The summed E-state index contributed by atoms with van der Waals surface area (Å²) in [7, 11) is -3.18. The number of anilines is 1. The Morgan fingerprint density at radius 3 is 2.24 bits per heavy atom. The van der Waals surface area contributed by atoms with Crippen LogP contribution in [0.3, 0.4) is 0 Å². The molecule has 7 nitrogen and oxygen atoms in total. The van der Waals surface area contributed by atoms with Crippen LogP contribution in [0.25, 0.3) is 0 Å². The van der Waals surface area contributed by atoms with E-state index >= 15 is 0 Å². The van der Waals surface area contributed by atoms with Crippen molar-refractivity contribution in [1.29, 1.82) is 0 Å². The molecule has 0 spiro atoms. The molecule has 21 heavy (non-hydrogen) atoms. The Morgan fingerprint density at radius 1 is 1.19 bits per heavy atom. The van der Waals surface area contributed by atoms with Crippen LogP contribution in [0.2, 0.25) is 0 Å². The zero-order valence-corrected chi connectivity index (χ0v) is 12.8. The van der Waals surface area contributed by atoms with Crippen molar-refractivity contribution in [3.8, 4) is 0 Å². The van der Waals surface area contributed by atoms with E-state index in [-0.39, 0.29) is 6.03 Å². The van der Waals surface area contributed by atoms with Gasteiger partial charge in [0.2, 0.25) is 10.0 Å². The normalized spacial score (nSPS) is 16.8. The number of nitrogens with one attached hydrogen (secondary N) is 1. The monoisotopic (exact) mass is 312 g/mol. The fourth-order valence-corrected chi connectivity index (χ4v) is 2.98. The van der Waals surface area contributed by atoms with E-state index in [0.29, 0.717) is 38.4 Å². The Labute approximate surface area is 124 Å². The molecule has 2 rings (SSSR count). The molecule has 1 fully saturated rings. The van der Waals surface area contributed by atoms with Gasteiger partial charge in [0, 0.05) is 38.4 Å². The molecule has 1 heterocycles. The van der Waals surface area contributed by atoms with Gasteiger partial charge in [-0.1, -0.05) is 12.1 Å². The van der Waals surface area contributed by atoms with Crippen molar-refractivity contribution in [2.45, 2.75) is 6.54 Å². The molecule has 1 aliphatic rings. The Morgan fingerprint density at radius 2 is 1.76 bits per heavy atom. The number of amides is 2. The fourth-order valence-electron chi connectivity index (χ4n) is 2.15. The number of hydrogen-bond acceptors (Lipinski definition) is 4. The minimum absolute atomic E-state index is 0.219. The molecule has 1 aromatic rings. The van der Waals surface area contributed by atoms with Crippen LogP contribution in [-0.4, -0.2) is 56.1 Å². The van der Waals surface area contributed by atoms with Gasteiger partial charge in [-0.2, -0.15) is 4.31 Å². The van der Waals surface area contributed by atoms with Crippen molar-refractivity contribution in [2.24, 2.45) is 5.73 Å². The molecule has 1 aromatic carbocycles. The van der Waals surface area contributed by atoms with E-state index in [1.54, 1.807) is 17.0 Å². The number of hydrogen-bond donors (Lipinski definition) is 2. The summed E-state index contributed by atoms with van der Waals surface area (Å²) in [5.74, 6) is 0. The van der Waals surface area contributed by atoms with Gasteiger partial charge in [0.15, 0.2) is 0 Å². The van der Waals surface area contributed by atoms with E-state index in [4.69, 9.17) is 5.73 Å². The van der Waals surface area contributed by atoms with E-state index < -0.39 is 10.0 Å². The van der Waals surface area contributed by atoms with E-state index in [2.05, 4.69) is 5.32 Å². The summed E-state index contributed by atoms with van der Waals surface area (Å²) in [5.41, 5.74) is 7.21. The number of carbonyl (C=O) groups is 1. The lowest BCUT2D eigenvalue weighted by molar-refractivity contribution is 0.184. The third kappa shape index (κ3) is 4.16. The number of nitrogens with zero attached hydrogens (tertiary/aromatic N) is 2. The van der Waals surface area contributed by atoms with Crippen molar-refractivity contribution < 1.29 is 13.2 Å². The maximum Gasteiger partial charge on any atom is 0.321 e. The molecule has 0 unspecified atom stereocenters. The van der Waals surface area contributed by atoms with Crippen LogP contribution in [0.15, 0.2) is 24.3 Å². The first-order valence-electron chi connectivity index (χ1n) is 6.70. The predicted octanol–water partition coefficient (Wildman–Crippen LogP) is 0.254.